The molecule has 1 aromatic carbocycles. The molecule has 0 saturated heterocycles. The van der Waals surface area contributed by atoms with E-state index in [2.05, 4.69) is 31.9 Å². The predicted molar refractivity (Wildman–Crippen MR) is 78.3 cm³/mol. The number of Topliss-reactive ketones (excluding diaryl/α,β-unsaturated/α-hetero) is 2. The minimum atomic E-state index is -0.824. The molecular formula is C14H9Br2FO2. The minimum absolute atomic E-state index is 0.0212. The van der Waals surface area contributed by atoms with E-state index in [4.69, 9.17) is 0 Å². The van der Waals surface area contributed by atoms with E-state index in [0.717, 1.165) is 0 Å². The first-order valence-electron chi connectivity index (χ1n) is 5.50. The van der Waals surface area contributed by atoms with Gasteiger partial charge in [0.15, 0.2) is 0 Å². The normalized spacial score (nSPS) is 17.4. The van der Waals surface area contributed by atoms with E-state index in [-0.39, 0.29) is 17.6 Å². The van der Waals surface area contributed by atoms with Crippen LogP contribution in [0, 0.1) is 0 Å². The summed E-state index contributed by atoms with van der Waals surface area (Å²) in [5.74, 6) is -2.13. The lowest BCUT2D eigenvalue weighted by Gasteiger charge is -2.19. The van der Waals surface area contributed by atoms with E-state index in [1.54, 1.807) is 24.3 Å². The third kappa shape index (κ3) is 3.28. The standard InChI is InChI=1S/C14H9Br2FO2/c15-14(16)7-6-10(11(17)8-14)13(19)12(18)9-4-2-1-3-5-9/h1-7H,8H2. The Kier molecular flexibility index (Phi) is 4.16. The molecule has 19 heavy (non-hydrogen) atoms. The van der Waals surface area contributed by atoms with Gasteiger partial charge < -0.3 is 0 Å². The van der Waals surface area contributed by atoms with Crippen LogP contribution in [0.4, 0.5) is 4.39 Å². The van der Waals surface area contributed by atoms with Gasteiger partial charge >= 0.3 is 0 Å². The largest absolute Gasteiger partial charge is 0.285 e. The second kappa shape index (κ2) is 5.51. The molecule has 1 aliphatic rings. The van der Waals surface area contributed by atoms with Gasteiger partial charge in [-0.05, 0) is 0 Å². The Hall–Kier alpha value is -1.07. The SMILES string of the molecule is O=C(C(=O)c1ccccc1)C1=C(F)CC(Br)(Br)C=C1. The van der Waals surface area contributed by atoms with Gasteiger partial charge in [0, 0.05) is 12.0 Å². The van der Waals surface area contributed by atoms with Crippen molar-refractivity contribution in [2.45, 2.75) is 9.65 Å². The van der Waals surface area contributed by atoms with Crippen LogP contribution in [0.2, 0.25) is 0 Å². The van der Waals surface area contributed by atoms with E-state index in [1.807, 2.05) is 0 Å². The number of carbonyl (C=O) groups excluding carboxylic acids is 2. The second-order valence-corrected chi connectivity index (χ2v) is 8.01. The van der Waals surface area contributed by atoms with Gasteiger partial charge in [0.25, 0.3) is 0 Å². The highest BCUT2D eigenvalue weighted by Crippen LogP contribution is 2.40. The van der Waals surface area contributed by atoms with Crippen LogP contribution in [0.3, 0.4) is 0 Å². The monoisotopic (exact) mass is 386 g/mol. The molecule has 0 radical (unpaired) electrons. The van der Waals surface area contributed by atoms with Crippen LogP contribution < -0.4 is 0 Å². The van der Waals surface area contributed by atoms with Crippen molar-refractivity contribution in [3.05, 3.63) is 59.4 Å². The van der Waals surface area contributed by atoms with Crippen LogP contribution >= 0.6 is 31.9 Å². The molecule has 5 heteroatoms. The highest BCUT2D eigenvalue weighted by Gasteiger charge is 2.31. The fourth-order valence-electron chi connectivity index (χ4n) is 1.70. The number of ketones is 2. The smallest absolute Gasteiger partial charge is 0.236 e. The van der Waals surface area contributed by atoms with E-state index >= 15 is 0 Å². The van der Waals surface area contributed by atoms with Crippen molar-refractivity contribution in [3.63, 3.8) is 0 Å². The Morgan fingerprint density at radius 2 is 1.74 bits per heavy atom. The number of alkyl halides is 2. The summed E-state index contributed by atoms with van der Waals surface area (Å²) >= 11 is 6.50. The molecular weight excluding hydrogens is 379 g/mol. The first kappa shape index (κ1) is 14.3. The number of carbonyl (C=O) groups is 2. The Balaban J connectivity index is 2.27. The molecule has 0 saturated carbocycles. The minimum Gasteiger partial charge on any atom is -0.285 e. The molecule has 2 nitrogen and oxygen atoms in total. The third-order valence-corrected chi connectivity index (χ3v) is 3.75. The van der Waals surface area contributed by atoms with Crippen molar-refractivity contribution in [2.75, 3.05) is 0 Å². The molecule has 0 heterocycles. The van der Waals surface area contributed by atoms with E-state index in [1.165, 1.54) is 18.2 Å². The lowest BCUT2D eigenvalue weighted by molar-refractivity contribution is -0.111. The van der Waals surface area contributed by atoms with Crippen molar-refractivity contribution in [1.29, 1.82) is 0 Å². The summed E-state index contributed by atoms with van der Waals surface area (Å²) in [5, 5.41) is 0. The van der Waals surface area contributed by atoms with Crippen molar-refractivity contribution >= 4 is 43.4 Å². The Morgan fingerprint density at radius 1 is 1.11 bits per heavy atom. The number of hydrogen-bond donors (Lipinski definition) is 0. The van der Waals surface area contributed by atoms with Gasteiger partial charge in [-0.2, -0.15) is 0 Å². The number of halogens is 3. The highest BCUT2D eigenvalue weighted by atomic mass is 79.9. The molecule has 1 aromatic rings. The molecule has 0 spiro atoms. The first-order valence-corrected chi connectivity index (χ1v) is 7.09. The lowest BCUT2D eigenvalue weighted by atomic mass is 9.96. The maximum atomic E-state index is 13.9. The third-order valence-electron chi connectivity index (χ3n) is 2.66. The summed E-state index contributed by atoms with van der Waals surface area (Å²) in [6.45, 7) is 0. The van der Waals surface area contributed by atoms with E-state index in [0.29, 0.717) is 0 Å². The summed E-state index contributed by atoms with van der Waals surface area (Å²) < 4.78 is 13.2. The summed E-state index contributed by atoms with van der Waals surface area (Å²) in [6, 6.07) is 8.12. The molecule has 2 rings (SSSR count). The van der Waals surface area contributed by atoms with E-state index in [9.17, 15) is 14.0 Å². The van der Waals surface area contributed by atoms with Crippen LogP contribution in [0.1, 0.15) is 16.8 Å². The van der Waals surface area contributed by atoms with Crippen LogP contribution in [-0.2, 0) is 4.79 Å². The molecule has 0 unspecified atom stereocenters. The summed E-state index contributed by atoms with van der Waals surface area (Å²) in [5.41, 5.74) is 0.0825. The molecule has 0 atom stereocenters. The first-order chi connectivity index (χ1) is 8.91. The van der Waals surface area contributed by atoms with Crippen LogP contribution in [0.15, 0.2) is 53.9 Å². The number of hydrogen-bond acceptors (Lipinski definition) is 2. The summed E-state index contributed by atoms with van der Waals surface area (Å²) in [4.78, 5) is 23.9. The van der Waals surface area contributed by atoms with Gasteiger partial charge in [-0.15, -0.1) is 0 Å². The molecule has 0 amide bonds. The summed E-state index contributed by atoms with van der Waals surface area (Å²) in [6.07, 6.45) is 2.90. The van der Waals surface area contributed by atoms with Crippen molar-refractivity contribution in [3.8, 4) is 0 Å². The fourth-order valence-corrected chi connectivity index (χ4v) is 2.46. The molecule has 1 aliphatic carbocycles. The molecule has 98 valence electrons. The van der Waals surface area contributed by atoms with Crippen molar-refractivity contribution in [2.24, 2.45) is 0 Å². The molecule has 0 N–H and O–H groups in total. The zero-order chi connectivity index (χ0) is 14.0. The fraction of sp³-hybridized carbons (Fsp3) is 0.143. The van der Waals surface area contributed by atoms with Gasteiger partial charge in [-0.25, -0.2) is 4.39 Å². The average molecular weight is 388 g/mol. The molecule has 0 fully saturated rings. The maximum absolute atomic E-state index is 13.9. The van der Waals surface area contributed by atoms with Gasteiger partial charge in [-0.3, -0.25) is 9.59 Å². The van der Waals surface area contributed by atoms with E-state index < -0.39 is 20.6 Å². The van der Waals surface area contributed by atoms with Crippen molar-refractivity contribution in [1.82, 2.24) is 0 Å². The zero-order valence-corrected chi connectivity index (χ0v) is 12.9. The number of allylic oxidation sites excluding steroid dienone is 4. The van der Waals surface area contributed by atoms with Gasteiger partial charge in [-0.1, -0.05) is 74.3 Å². The number of rotatable bonds is 3. The van der Waals surface area contributed by atoms with Gasteiger partial charge in [0.1, 0.15) is 9.06 Å². The van der Waals surface area contributed by atoms with Crippen LogP contribution in [-0.4, -0.2) is 14.8 Å². The maximum Gasteiger partial charge on any atom is 0.236 e. The topological polar surface area (TPSA) is 34.1 Å². The van der Waals surface area contributed by atoms with Gasteiger partial charge in [0.05, 0.1) is 5.57 Å². The predicted octanol–water partition coefficient (Wildman–Crippen LogP) is 4.11. The summed E-state index contributed by atoms with van der Waals surface area (Å²) in [7, 11) is 0. The highest BCUT2D eigenvalue weighted by molar-refractivity contribution is 9.25. The number of benzene rings is 1. The van der Waals surface area contributed by atoms with Crippen molar-refractivity contribution < 1.29 is 14.0 Å². The Morgan fingerprint density at radius 3 is 2.32 bits per heavy atom. The second-order valence-electron chi connectivity index (χ2n) is 4.11. The quantitative estimate of drug-likeness (QED) is 0.444. The Labute approximate surface area is 126 Å². The lowest BCUT2D eigenvalue weighted by Crippen LogP contribution is -2.21. The Bertz CT molecular complexity index is 589. The average Bonchev–Trinajstić information content (AvgIpc) is 2.37. The van der Waals surface area contributed by atoms with Crippen LogP contribution in [0.5, 0.6) is 0 Å². The molecule has 0 aromatic heterocycles. The molecule has 0 aliphatic heterocycles. The molecule has 0 bridgehead atoms. The zero-order valence-electron chi connectivity index (χ0n) is 9.70. The van der Waals surface area contributed by atoms with Gasteiger partial charge in [0.2, 0.25) is 11.6 Å². The van der Waals surface area contributed by atoms with Crippen LogP contribution in [0.25, 0.3) is 0 Å².